The Labute approximate surface area is 135 Å². The van der Waals surface area contributed by atoms with Crippen LogP contribution in [0, 0.1) is 13.8 Å². The van der Waals surface area contributed by atoms with E-state index in [0.29, 0.717) is 5.25 Å². The number of aromatic nitrogens is 2. The molecule has 3 heteroatoms. The molecule has 0 aliphatic heterocycles. The second-order valence-corrected chi connectivity index (χ2v) is 6.73. The summed E-state index contributed by atoms with van der Waals surface area (Å²) in [7, 11) is 0. The monoisotopic (exact) mass is 308 g/mol. The Morgan fingerprint density at radius 2 is 1.91 bits per heavy atom. The van der Waals surface area contributed by atoms with Crippen LogP contribution in [0.1, 0.15) is 28.4 Å². The van der Waals surface area contributed by atoms with Gasteiger partial charge in [0, 0.05) is 5.25 Å². The van der Waals surface area contributed by atoms with Crippen LogP contribution in [0.4, 0.5) is 0 Å². The van der Waals surface area contributed by atoms with Gasteiger partial charge in [-0.1, -0.05) is 48.2 Å². The smallest absolute Gasteiger partial charge is 0.166 e. The molecule has 1 N–H and O–H groups in total. The number of fused-ring (bicyclic) bond motifs is 1. The molecule has 1 aromatic heterocycles. The highest BCUT2D eigenvalue weighted by molar-refractivity contribution is 7.99. The van der Waals surface area contributed by atoms with Crippen molar-refractivity contribution in [2.45, 2.75) is 30.7 Å². The summed E-state index contributed by atoms with van der Waals surface area (Å²) >= 11 is 1.77. The van der Waals surface area contributed by atoms with Crippen LogP contribution >= 0.6 is 11.8 Å². The van der Waals surface area contributed by atoms with Gasteiger partial charge in [-0.25, -0.2) is 4.98 Å². The first-order chi connectivity index (χ1) is 10.7. The zero-order valence-electron chi connectivity index (χ0n) is 13.0. The van der Waals surface area contributed by atoms with Crippen molar-refractivity contribution in [1.29, 1.82) is 0 Å². The standard InChI is InChI=1S/C19H20N2S/c1-4-8-18(15-9-6-5-7-10-15)22-19-20-16-11-13(2)14(3)12-17(16)21-19/h4-7,9-12,18H,1,8H2,2-3H3,(H,20,21). The van der Waals surface area contributed by atoms with Crippen molar-refractivity contribution in [1.82, 2.24) is 9.97 Å². The normalized spacial score (nSPS) is 12.5. The molecule has 1 atom stereocenters. The molecule has 22 heavy (non-hydrogen) atoms. The summed E-state index contributed by atoms with van der Waals surface area (Å²) in [6.45, 7) is 8.15. The molecule has 0 saturated carbocycles. The highest BCUT2D eigenvalue weighted by Gasteiger charge is 2.14. The predicted octanol–water partition coefficient (Wildman–Crippen LogP) is 5.59. The first-order valence-corrected chi connectivity index (χ1v) is 8.35. The maximum Gasteiger partial charge on any atom is 0.166 e. The van der Waals surface area contributed by atoms with Gasteiger partial charge in [-0.15, -0.1) is 6.58 Å². The van der Waals surface area contributed by atoms with E-state index >= 15 is 0 Å². The van der Waals surface area contributed by atoms with Crippen LogP contribution in [-0.4, -0.2) is 9.97 Å². The molecule has 0 amide bonds. The highest BCUT2D eigenvalue weighted by atomic mass is 32.2. The van der Waals surface area contributed by atoms with Crippen molar-refractivity contribution < 1.29 is 0 Å². The summed E-state index contributed by atoms with van der Waals surface area (Å²) in [5.41, 5.74) is 6.02. The van der Waals surface area contributed by atoms with Gasteiger partial charge in [-0.3, -0.25) is 0 Å². The molecule has 1 heterocycles. The molecule has 0 aliphatic carbocycles. The third-order valence-corrected chi connectivity index (χ3v) is 5.05. The van der Waals surface area contributed by atoms with Crippen molar-refractivity contribution in [3.63, 3.8) is 0 Å². The van der Waals surface area contributed by atoms with Gasteiger partial charge in [0.1, 0.15) is 0 Å². The number of allylic oxidation sites excluding steroid dienone is 1. The zero-order valence-corrected chi connectivity index (χ0v) is 13.8. The fraction of sp³-hybridized carbons (Fsp3) is 0.211. The number of H-pyrrole nitrogens is 1. The number of hydrogen-bond acceptors (Lipinski definition) is 2. The number of thioether (sulfide) groups is 1. The van der Waals surface area contributed by atoms with Gasteiger partial charge in [-0.2, -0.15) is 0 Å². The molecule has 0 aliphatic rings. The Balaban J connectivity index is 1.91. The van der Waals surface area contributed by atoms with E-state index in [-0.39, 0.29) is 0 Å². The Hall–Kier alpha value is -2.00. The zero-order chi connectivity index (χ0) is 15.5. The van der Waals surface area contributed by atoms with Gasteiger partial charge in [0.05, 0.1) is 11.0 Å². The summed E-state index contributed by atoms with van der Waals surface area (Å²) in [5.74, 6) is 0. The van der Waals surface area contributed by atoms with E-state index in [0.717, 1.165) is 22.6 Å². The summed E-state index contributed by atoms with van der Waals surface area (Å²) < 4.78 is 0. The Kier molecular flexibility index (Phi) is 4.34. The van der Waals surface area contributed by atoms with Crippen LogP contribution in [0.25, 0.3) is 11.0 Å². The van der Waals surface area contributed by atoms with Crippen LogP contribution in [0.3, 0.4) is 0 Å². The van der Waals surface area contributed by atoms with Crippen LogP contribution in [-0.2, 0) is 0 Å². The number of nitrogens with one attached hydrogen (secondary N) is 1. The average Bonchev–Trinajstić information content (AvgIpc) is 2.89. The van der Waals surface area contributed by atoms with Crippen LogP contribution in [0.5, 0.6) is 0 Å². The molecule has 0 spiro atoms. The second-order valence-electron chi connectivity index (χ2n) is 5.54. The van der Waals surface area contributed by atoms with E-state index in [1.807, 2.05) is 12.1 Å². The molecular weight excluding hydrogens is 288 g/mol. The second kappa shape index (κ2) is 6.41. The average molecular weight is 308 g/mol. The first-order valence-electron chi connectivity index (χ1n) is 7.47. The van der Waals surface area contributed by atoms with E-state index in [1.165, 1.54) is 16.7 Å². The molecule has 0 radical (unpaired) electrons. The van der Waals surface area contributed by atoms with Gasteiger partial charge in [0.15, 0.2) is 5.16 Å². The number of hydrogen-bond donors (Lipinski definition) is 1. The first kappa shape index (κ1) is 14.9. The van der Waals surface area contributed by atoms with Crippen LogP contribution in [0.15, 0.2) is 60.3 Å². The number of nitrogens with zero attached hydrogens (tertiary/aromatic N) is 1. The number of aryl methyl sites for hydroxylation is 2. The third kappa shape index (κ3) is 3.09. The number of aromatic amines is 1. The lowest BCUT2D eigenvalue weighted by molar-refractivity contribution is 0.953. The SMILES string of the molecule is C=CCC(Sc1nc2cc(C)c(C)cc2[nH]1)c1ccccc1. The van der Waals surface area contributed by atoms with Crippen molar-refractivity contribution in [3.05, 3.63) is 71.8 Å². The van der Waals surface area contributed by atoms with Gasteiger partial charge >= 0.3 is 0 Å². The van der Waals surface area contributed by atoms with E-state index in [1.54, 1.807) is 11.8 Å². The number of benzene rings is 2. The minimum absolute atomic E-state index is 0.335. The number of rotatable bonds is 5. The molecule has 3 rings (SSSR count). The minimum atomic E-state index is 0.335. The van der Waals surface area contributed by atoms with E-state index in [2.05, 4.69) is 61.8 Å². The van der Waals surface area contributed by atoms with Crippen LogP contribution < -0.4 is 0 Å². The largest absolute Gasteiger partial charge is 0.333 e. The van der Waals surface area contributed by atoms with Crippen molar-refractivity contribution in [3.8, 4) is 0 Å². The van der Waals surface area contributed by atoms with Crippen molar-refractivity contribution in [2.24, 2.45) is 0 Å². The Bertz CT molecular complexity index is 751. The number of imidazole rings is 1. The fourth-order valence-corrected chi connectivity index (χ4v) is 3.62. The van der Waals surface area contributed by atoms with Crippen molar-refractivity contribution >= 4 is 22.8 Å². The lowest BCUT2D eigenvalue weighted by Gasteiger charge is -2.13. The summed E-state index contributed by atoms with van der Waals surface area (Å²) in [5, 5.41) is 1.30. The maximum absolute atomic E-state index is 4.74. The lowest BCUT2D eigenvalue weighted by atomic mass is 10.1. The molecule has 3 aromatic rings. The molecule has 2 nitrogen and oxygen atoms in total. The third-order valence-electron chi connectivity index (χ3n) is 3.88. The fourth-order valence-electron chi connectivity index (χ4n) is 2.51. The quantitative estimate of drug-likeness (QED) is 0.491. The van der Waals surface area contributed by atoms with E-state index < -0.39 is 0 Å². The Morgan fingerprint density at radius 3 is 2.64 bits per heavy atom. The predicted molar refractivity (Wildman–Crippen MR) is 95.4 cm³/mol. The van der Waals surface area contributed by atoms with Gasteiger partial charge < -0.3 is 4.98 Å². The van der Waals surface area contributed by atoms with E-state index in [4.69, 9.17) is 4.98 Å². The molecule has 0 saturated heterocycles. The van der Waals surface area contributed by atoms with Crippen molar-refractivity contribution in [2.75, 3.05) is 0 Å². The Morgan fingerprint density at radius 1 is 1.18 bits per heavy atom. The lowest BCUT2D eigenvalue weighted by Crippen LogP contribution is -1.93. The van der Waals surface area contributed by atoms with Crippen LogP contribution in [0.2, 0.25) is 0 Å². The van der Waals surface area contributed by atoms with Gasteiger partial charge in [0.25, 0.3) is 0 Å². The molecule has 0 bridgehead atoms. The van der Waals surface area contributed by atoms with Gasteiger partial charge in [-0.05, 0) is 49.1 Å². The van der Waals surface area contributed by atoms with Gasteiger partial charge in [0.2, 0.25) is 0 Å². The maximum atomic E-state index is 4.74. The van der Waals surface area contributed by atoms with E-state index in [9.17, 15) is 0 Å². The molecule has 112 valence electrons. The minimum Gasteiger partial charge on any atom is -0.333 e. The molecule has 0 fully saturated rings. The summed E-state index contributed by atoms with van der Waals surface area (Å²) in [6, 6.07) is 14.9. The topological polar surface area (TPSA) is 28.7 Å². The molecule has 1 unspecified atom stereocenters. The summed E-state index contributed by atoms with van der Waals surface area (Å²) in [4.78, 5) is 8.18. The summed E-state index contributed by atoms with van der Waals surface area (Å²) in [6.07, 6.45) is 2.89. The molecular formula is C19H20N2S. The highest BCUT2D eigenvalue weighted by Crippen LogP contribution is 2.37. The molecule has 2 aromatic carbocycles.